The molecule has 0 fully saturated rings. The zero-order valence-corrected chi connectivity index (χ0v) is 7.46. The van der Waals surface area contributed by atoms with Crippen LogP contribution in [0.5, 0.6) is 5.75 Å². The zero-order chi connectivity index (χ0) is 8.27. The molecule has 1 aromatic carbocycles. The Morgan fingerprint density at radius 1 is 1.45 bits per heavy atom. The molecule has 0 heterocycles. The number of nitroso groups, excluding NO2 is 1. The minimum atomic E-state index is 0.358. The van der Waals surface area contributed by atoms with Crippen LogP contribution in [-0.4, -0.2) is 7.11 Å². The second-order valence-corrected chi connectivity index (χ2v) is 2.86. The number of nitrogens with zero attached hydrogens (tertiary/aromatic N) is 1. The van der Waals surface area contributed by atoms with E-state index < -0.39 is 0 Å². The maximum atomic E-state index is 10.1. The third-order valence-electron chi connectivity index (χ3n) is 1.20. The number of ether oxygens (including phenoxy) is 1. The highest BCUT2D eigenvalue weighted by Gasteiger charge is 1.97. The minimum absolute atomic E-state index is 0.358. The first kappa shape index (κ1) is 8.20. The summed E-state index contributed by atoms with van der Waals surface area (Å²) in [5.74, 6) is 0.619. The van der Waals surface area contributed by atoms with Crippen molar-refractivity contribution in [2.75, 3.05) is 7.11 Å². The maximum absolute atomic E-state index is 10.1. The molecule has 4 heteroatoms. The molecule has 0 spiro atoms. The van der Waals surface area contributed by atoms with Gasteiger partial charge in [-0.05, 0) is 17.3 Å². The molecule has 0 unspecified atom stereocenters. The summed E-state index contributed by atoms with van der Waals surface area (Å²) in [7, 11) is 1.54. The van der Waals surface area contributed by atoms with Crippen LogP contribution in [0.1, 0.15) is 0 Å². The Morgan fingerprint density at radius 2 is 2.18 bits per heavy atom. The van der Waals surface area contributed by atoms with E-state index in [1.54, 1.807) is 18.2 Å². The van der Waals surface area contributed by atoms with Crippen molar-refractivity contribution in [1.29, 1.82) is 0 Å². The van der Waals surface area contributed by atoms with Crippen molar-refractivity contribution in [2.45, 2.75) is 0 Å². The fraction of sp³-hybridized carbons (Fsp3) is 0.143. The Bertz CT molecular complexity index is 275. The Kier molecular flexibility index (Phi) is 2.59. The molecule has 0 radical (unpaired) electrons. The quantitative estimate of drug-likeness (QED) is 0.713. The topological polar surface area (TPSA) is 38.7 Å². The monoisotopic (exact) mass is 215 g/mol. The number of benzene rings is 1. The van der Waals surface area contributed by atoms with Gasteiger partial charge in [-0.25, -0.2) is 0 Å². The standard InChI is InChI=1S/C7H6BrNO2/c1-11-7-3-5(8)2-6(4-7)9-10/h2-4H,1H3. The lowest BCUT2D eigenvalue weighted by Gasteiger charge is -1.99. The molecular weight excluding hydrogens is 210 g/mol. The molecule has 0 saturated carbocycles. The number of methoxy groups -OCH3 is 1. The van der Waals surface area contributed by atoms with Crippen LogP contribution < -0.4 is 4.74 Å². The van der Waals surface area contributed by atoms with E-state index in [-0.39, 0.29) is 0 Å². The highest BCUT2D eigenvalue weighted by molar-refractivity contribution is 9.10. The Hall–Kier alpha value is -0.900. The van der Waals surface area contributed by atoms with Gasteiger partial charge >= 0.3 is 0 Å². The van der Waals surface area contributed by atoms with Crippen molar-refractivity contribution in [2.24, 2.45) is 5.18 Å². The van der Waals surface area contributed by atoms with Crippen LogP contribution in [0.2, 0.25) is 0 Å². The van der Waals surface area contributed by atoms with Gasteiger partial charge in [-0.1, -0.05) is 15.9 Å². The summed E-state index contributed by atoms with van der Waals surface area (Å²) in [5.41, 5.74) is 0.358. The van der Waals surface area contributed by atoms with Crippen molar-refractivity contribution in [3.8, 4) is 5.75 Å². The first-order valence-electron chi connectivity index (χ1n) is 2.94. The molecule has 0 amide bonds. The van der Waals surface area contributed by atoms with Gasteiger partial charge in [0.25, 0.3) is 0 Å². The van der Waals surface area contributed by atoms with E-state index in [0.717, 1.165) is 4.47 Å². The zero-order valence-electron chi connectivity index (χ0n) is 5.87. The third kappa shape index (κ3) is 2.01. The summed E-state index contributed by atoms with van der Waals surface area (Å²) in [6.45, 7) is 0. The van der Waals surface area contributed by atoms with Crippen molar-refractivity contribution >= 4 is 21.6 Å². The van der Waals surface area contributed by atoms with Crippen molar-refractivity contribution in [1.82, 2.24) is 0 Å². The van der Waals surface area contributed by atoms with Gasteiger partial charge in [0.2, 0.25) is 0 Å². The normalized spacial score (nSPS) is 9.27. The summed E-state index contributed by atoms with van der Waals surface area (Å²) in [5, 5.41) is 2.78. The van der Waals surface area contributed by atoms with Crippen LogP contribution >= 0.6 is 15.9 Å². The number of rotatable bonds is 2. The highest BCUT2D eigenvalue weighted by Crippen LogP contribution is 2.25. The van der Waals surface area contributed by atoms with E-state index in [4.69, 9.17) is 4.74 Å². The van der Waals surface area contributed by atoms with Crippen LogP contribution in [0.4, 0.5) is 5.69 Å². The van der Waals surface area contributed by atoms with E-state index in [1.165, 1.54) is 7.11 Å². The Labute approximate surface area is 72.5 Å². The van der Waals surface area contributed by atoms with E-state index in [1.807, 2.05) is 0 Å². The molecule has 0 N–H and O–H groups in total. The lowest BCUT2D eigenvalue weighted by molar-refractivity contribution is 0.414. The molecule has 0 bridgehead atoms. The molecule has 1 rings (SSSR count). The molecule has 0 atom stereocenters. The second-order valence-electron chi connectivity index (χ2n) is 1.94. The fourth-order valence-corrected chi connectivity index (χ4v) is 1.18. The summed E-state index contributed by atoms with van der Waals surface area (Å²) in [6, 6.07) is 4.95. The van der Waals surface area contributed by atoms with Gasteiger partial charge in [0.1, 0.15) is 11.4 Å². The van der Waals surface area contributed by atoms with E-state index in [9.17, 15) is 4.91 Å². The van der Waals surface area contributed by atoms with Crippen LogP contribution in [0.25, 0.3) is 0 Å². The van der Waals surface area contributed by atoms with Crippen LogP contribution in [-0.2, 0) is 0 Å². The molecule has 11 heavy (non-hydrogen) atoms. The summed E-state index contributed by atoms with van der Waals surface area (Å²) in [6.07, 6.45) is 0. The third-order valence-corrected chi connectivity index (χ3v) is 1.66. The summed E-state index contributed by atoms with van der Waals surface area (Å²) in [4.78, 5) is 10.1. The maximum Gasteiger partial charge on any atom is 0.122 e. The number of hydrogen-bond acceptors (Lipinski definition) is 3. The van der Waals surface area contributed by atoms with Crippen molar-refractivity contribution in [3.05, 3.63) is 27.6 Å². The number of halogens is 1. The first-order valence-corrected chi connectivity index (χ1v) is 3.73. The molecule has 0 saturated heterocycles. The largest absolute Gasteiger partial charge is 0.497 e. The average molecular weight is 216 g/mol. The molecule has 0 aliphatic carbocycles. The fourth-order valence-electron chi connectivity index (χ4n) is 0.718. The van der Waals surface area contributed by atoms with Crippen LogP contribution in [0, 0.1) is 4.91 Å². The van der Waals surface area contributed by atoms with Gasteiger partial charge in [0.15, 0.2) is 0 Å². The average Bonchev–Trinajstić information content (AvgIpc) is 2.03. The molecule has 0 aliphatic rings. The lowest BCUT2D eigenvalue weighted by atomic mass is 10.3. The van der Waals surface area contributed by atoms with Gasteiger partial charge in [0, 0.05) is 10.5 Å². The summed E-state index contributed by atoms with van der Waals surface area (Å²) >= 11 is 3.22. The van der Waals surface area contributed by atoms with E-state index in [0.29, 0.717) is 11.4 Å². The van der Waals surface area contributed by atoms with Gasteiger partial charge in [-0.3, -0.25) is 0 Å². The lowest BCUT2D eigenvalue weighted by Crippen LogP contribution is -1.81. The number of hydrogen-bond donors (Lipinski definition) is 0. The van der Waals surface area contributed by atoms with Gasteiger partial charge in [0.05, 0.1) is 7.11 Å². The van der Waals surface area contributed by atoms with Gasteiger partial charge in [-0.15, -0.1) is 4.91 Å². The molecule has 58 valence electrons. The second kappa shape index (κ2) is 3.48. The molecule has 3 nitrogen and oxygen atoms in total. The van der Waals surface area contributed by atoms with Gasteiger partial charge in [-0.2, -0.15) is 0 Å². The minimum Gasteiger partial charge on any atom is -0.497 e. The molecule has 0 aliphatic heterocycles. The SMILES string of the molecule is COc1cc(Br)cc(N=O)c1. The van der Waals surface area contributed by atoms with Crippen molar-refractivity contribution in [3.63, 3.8) is 0 Å². The highest BCUT2D eigenvalue weighted by atomic mass is 79.9. The molecule has 0 aromatic heterocycles. The summed E-state index contributed by atoms with van der Waals surface area (Å²) < 4.78 is 5.69. The van der Waals surface area contributed by atoms with E-state index in [2.05, 4.69) is 21.1 Å². The predicted molar refractivity (Wildman–Crippen MR) is 46.1 cm³/mol. The Balaban J connectivity index is 3.11. The first-order chi connectivity index (χ1) is 5.26. The van der Waals surface area contributed by atoms with Crippen molar-refractivity contribution < 1.29 is 4.74 Å². The molecule has 1 aromatic rings. The smallest absolute Gasteiger partial charge is 0.122 e. The predicted octanol–water partition coefficient (Wildman–Crippen LogP) is 2.86. The van der Waals surface area contributed by atoms with Crippen LogP contribution in [0.3, 0.4) is 0 Å². The van der Waals surface area contributed by atoms with Crippen LogP contribution in [0.15, 0.2) is 27.8 Å². The Morgan fingerprint density at radius 3 is 2.73 bits per heavy atom. The van der Waals surface area contributed by atoms with E-state index >= 15 is 0 Å². The molecular formula is C7H6BrNO2. The van der Waals surface area contributed by atoms with Gasteiger partial charge < -0.3 is 4.74 Å².